The molecule has 0 aromatic carbocycles. The molecule has 0 saturated carbocycles. The molecule has 2 rings (SSSR count). The van der Waals surface area contributed by atoms with Gasteiger partial charge in [0.25, 0.3) is 0 Å². The molecule has 6 heteroatoms. The first-order valence-corrected chi connectivity index (χ1v) is 8.23. The third-order valence-electron chi connectivity index (χ3n) is 3.66. The van der Waals surface area contributed by atoms with Crippen molar-refractivity contribution < 1.29 is 0 Å². The monoisotopic (exact) mass is 311 g/mol. The number of hydrogen-bond donors (Lipinski definition) is 0. The summed E-state index contributed by atoms with van der Waals surface area (Å²) >= 11 is 5.94. The summed E-state index contributed by atoms with van der Waals surface area (Å²) in [4.78, 5) is 7.03. The first-order chi connectivity index (χ1) is 10.1. The number of nitrogens with zero attached hydrogens (tertiary/aromatic N) is 5. The summed E-state index contributed by atoms with van der Waals surface area (Å²) in [6, 6.07) is 0. The summed E-state index contributed by atoms with van der Waals surface area (Å²) in [5.41, 5.74) is 3.30. The van der Waals surface area contributed by atoms with Crippen LogP contribution in [-0.2, 0) is 26.4 Å². The van der Waals surface area contributed by atoms with Gasteiger partial charge in [-0.25, -0.2) is 4.98 Å². The second-order valence-corrected chi connectivity index (χ2v) is 6.15. The summed E-state index contributed by atoms with van der Waals surface area (Å²) < 4.78 is 4.27. The minimum Gasteiger partial charge on any atom is -0.313 e. The summed E-state index contributed by atoms with van der Waals surface area (Å²) in [6.45, 7) is 4.21. The number of halogens is 1. The number of fused-ring (bicyclic) bond motifs is 1. The highest BCUT2D eigenvalue weighted by Gasteiger charge is 2.18. The fourth-order valence-corrected chi connectivity index (χ4v) is 2.92. The second-order valence-electron chi connectivity index (χ2n) is 5.77. The molecular weight excluding hydrogens is 286 g/mol. The zero-order valence-corrected chi connectivity index (χ0v) is 14.3. The summed E-state index contributed by atoms with van der Waals surface area (Å²) in [5.74, 6) is 1.69. The molecule has 118 valence electrons. The molecule has 0 aliphatic heterocycles. The van der Waals surface area contributed by atoms with Crippen molar-refractivity contribution in [1.82, 2.24) is 24.2 Å². The zero-order chi connectivity index (χ0) is 15.4. The van der Waals surface area contributed by atoms with Crippen molar-refractivity contribution in [2.75, 3.05) is 26.5 Å². The molecule has 0 bridgehead atoms. The zero-order valence-electron chi connectivity index (χ0n) is 13.6. The molecule has 0 aliphatic carbocycles. The van der Waals surface area contributed by atoms with Crippen LogP contribution in [0.4, 0.5) is 0 Å². The molecule has 5 nitrogen and oxygen atoms in total. The predicted molar refractivity (Wildman–Crippen MR) is 88.1 cm³/mol. The van der Waals surface area contributed by atoms with Crippen LogP contribution in [0.25, 0.3) is 11.2 Å². The van der Waals surface area contributed by atoms with Gasteiger partial charge in [0.05, 0.1) is 5.69 Å². The van der Waals surface area contributed by atoms with Gasteiger partial charge < -0.3 is 9.47 Å². The van der Waals surface area contributed by atoms with E-state index in [0.717, 1.165) is 61.5 Å². The van der Waals surface area contributed by atoms with E-state index in [1.165, 1.54) is 0 Å². The smallest absolute Gasteiger partial charge is 0.158 e. The minimum absolute atomic E-state index is 0.605. The van der Waals surface area contributed by atoms with Crippen molar-refractivity contribution >= 4 is 22.8 Å². The maximum atomic E-state index is 5.94. The highest BCUT2D eigenvalue weighted by Crippen LogP contribution is 2.21. The molecule has 0 unspecified atom stereocenters. The fraction of sp³-hybridized carbons (Fsp3) is 0.733. The molecule has 0 atom stereocenters. The molecular formula is C15H26ClN5. The topological polar surface area (TPSA) is 38.9 Å². The Morgan fingerprint density at radius 2 is 2.00 bits per heavy atom. The van der Waals surface area contributed by atoms with Gasteiger partial charge in [0.1, 0.15) is 11.3 Å². The molecule has 0 amide bonds. The van der Waals surface area contributed by atoms with Gasteiger partial charge >= 0.3 is 0 Å². The van der Waals surface area contributed by atoms with Crippen LogP contribution in [-0.4, -0.2) is 50.8 Å². The van der Waals surface area contributed by atoms with Gasteiger partial charge in [0.15, 0.2) is 5.65 Å². The number of alkyl halides is 1. The van der Waals surface area contributed by atoms with Crippen LogP contribution in [0.15, 0.2) is 0 Å². The highest BCUT2D eigenvalue weighted by atomic mass is 35.5. The molecule has 2 aromatic heterocycles. The Morgan fingerprint density at radius 3 is 2.62 bits per heavy atom. The largest absolute Gasteiger partial charge is 0.313 e. The molecule has 0 saturated heterocycles. The standard InChI is InChI=1S/C15H26ClN5/c1-5-7-12-14-15(20(4)18-12)21(11-6-10-19(2)3)13(17-14)8-9-16/h5-11H2,1-4H3. The first-order valence-electron chi connectivity index (χ1n) is 7.70. The lowest BCUT2D eigenvalue weighted by molar-refractivity contribution is 0.385. The highest BCUT2D eigenvalue weighted by molar-refractivity contribution is 6.17. The molecule has 21 heavy (non-hydrogen) atoms. The number of rotatable bonds is 8. The van der Waals surface area contributed by atoms with Crippen molar-refractivity contribution in [3.63, 3.8) is 0 Å². The number of aromatic nitrogens is 4. The van der Waals surface area contributed by atoms with Crippen molar-refractivity contribution in [1.29, 1.82) is 0 Å². The lowest BCUT2D eigenvalue weighted by Gasteiger charge is -2.12. The Bertz CT molecular complexity index is 584. The Balaban J connectivity index is 2.36. The fourth-order valence-electron chi connectivity index (χ4n) is 2.75. The van der Waals surface area contributed by atoms with Gasteiger partial charge in [-0.1, -0.05) is 13.3 Å². The molecule has 0 radical (unpaired) electrons. The van der Waals surface area contributed by atoms with Crippen LogP contribution in [0.5, 0.6) is 0 Å². The van der Waals surface area contributed by atoms with Crippen LogP contribution in [0, 0.1) is 0 Å². The molecule has 0 N–H and O–H groups in total. The Morgan fingerprint density at radius 1 is 1.24 bits per heavy atom. The Kier molecular flexibility index (Phi) is 5.65. The molecule has 0 aliphatic rings. The van der Waals surface area contributed by atoms with E-state index >= 15 is 0 Å². The van der Waals surface area contributed by atoms with E-state index in [1.807, 2.05) is 11.7 Å². The normalized spacial score (nSPS) is 11.9. The van der Waals surface area contributed by atoms with Crippen molar-refractivity contribution in [2.45, 2.75) is 39.2 Å². The van der Waals surface area contributed by atoms with Crippen LogP contribution in [0.1, 0.15) is 31.3 Å². The Hall–Kier alpha value is -1.07. The van der Waals surface area contributed by atoms with Crippen LogP contribution in [0.2, 0.25) is 0 Å². The van der Waals surface area contributed by atoms with Gasteiger partial charge in [0.2, 0.25) is 0 Å². The number of imidazole rings is 1. The molecule has 0 fully saturated rings. The van der Waals surface area contributed by atoms with E-state index in [2.05, 4.69) is 35.6 Å². The number of hydrogen-bond acceptors (Lipinski definition) is 3. The van der Waals surface area contributed by atoms with Crippen molar-refractivity contribution in [3.8, 4) is 0 Å². The predicted octanol–water partition coefficient (Wildman–Crippen LogP) is 2.46. The van der Waals surface area contributed by atoms with Crippen molar-refractivity contribution in [2.24, 2.45) is 7.05 Å². The van der Waals surface area contributed by atoms with E-state index < -0.39 is 0 Å². The average Bonchev–Trinajstić information content (AvgIpc) is 2.91. The first kappa shape index (κ1) is 16.3. The quantitative estimate of drug-likeness (QED) is 0.703. The third kappa shape index (κ3) is 3.58. The van der Waals surface area contributed by atoms with Gasteiger partial charge in [-0.3, -0.25) is 4.68 Å². The maximum absolute atomic E-state index is 5.94. The van der Waals surface area contributed by atoms with Crippen molar-refractivity contribution in [3.05, 3.63) is 11.5 Å². The average molecular weight is 312 g/mol. The van der Waals surface area contributed by atoms with Gasteiger partial charge in [-0.2, -0.15) is 5.10 Å². The second kappa shape index (κ2) is 7.27. The van der Waals surface area contributed by atoms with Crippen LogP contribution in [0.3, 0.4) is 0 Å². The lowest BCUT2D eigenvalue weighted by atomic mass is 10.2. The maximum Gasteiger partial charge on any atom is 0.158 e. The number of aryl methyl sites for hydroxylation is 4. The SMILES string of the molecule is CCCc1nn(C)c2c1nc(CCCl)n2CCCN(C)C. The van der Waals surface area contributed by atoms with Crippen LogP contribution < -0.4 is 0 Å². The van der Waals surface area contributed by atoms with Gasteiger partial charge in [0, 0.05) is 25.9 Å². The lowest BCUT2D eigenvalue weighted by Crippen LogP contribution is -2.16. The molecule has 2 aromatic rings. The summed E-state index contributed by atoms with van der Waals surface area (Å²) in [5, 5.41) is 4.63. The summed E-state index contributed by atoms with van der Waals surface area (Å²) in [6.07, 6.45) is 3.97. The minimum atomic E-state index is 0.605. The summed E-state index contributed by atoms with van der Waals surface area (Å²) in [7, 11) is 6.22. The van der Waals surface area contributed by atoms with Gasteiger partial charge in [-0.15, -0.1) is 11.6 Å². The van der Waals surface area contributed by atoms with E-state index in [-0.39, 0.29) is 0 Å². The van der Waals surface area contributed by atoms with E-state index in [4.69, 9.17) is 16.6 Å². The van der Waals surface area contributed by atoms with E-state index in [1.54, 1.807) is 0 Å². The Labute approximate surface area is 131 Å². The molecule has 2 heterocycles. The van der Waals surface area contributed by atoms with E-state index in [9.17, 15) is 0 Å². The molecule has 0 spiro atoms. The van der Waals surface area contributed by atoms with E-state index in [0.29, 0.717) is 5.88 Å². The van der Waals surface area contributed by atoms with Gasteiger partial charge in [-0.05, 0) is 33.5 Å². The van der Waals surface area contributed by atoms with Crippen LogP contribution >= 0.6 is 11.6 Å². The third-order valence-corrected chi connectivity index (χ3v) is 3.85.